The second kappa shape index (κ2) is 5.23. The molecule has 3 nitrogen and oxygen atoms in total. The van der Waals surface area contributed by atoms with Crippen LogP contribution in [0.3, 0.4) is 0 Å². The van der Waals surface area contributed by atoms with Crippen LogP contribution >= 0.6 is 0 Å². The molecular weight excluding hydrogens is 321 g/mol. The van der Waals surface area contributed by atoms with Crippen molar-refractivity contribution in [2.75, 3.05) is 0 Å². The van der Waals surface area contributed by atoms with E-state index in [0.717, 1.165) is 0 Å². The van der Waals surface area contributed by atoms with Crippen LogP contribution in [-0.2, 0) is 14.0 Å². The molecule has 0 spiro atoms. The predicted octanol–water partition coefficient (Wildman–Crippen LogP) is 5.20. The lowest BCUT2D eigenvalue weighted by Gasteiger charge is -2.56. The van der Waals surface area contributed by atoms with Gasteiger partial charge in [-0.05, 0) is 15.1 Å². The van der Waals surface area contributed by atoms with Crippen molar-refractivity contribution in [1.29, 1.82) is 0 Å². The molecule has 0 amide bonds. The van der Waals surface area contributed by atoms with Gasteiger partial charge in [0.25, 0.3) is 0 Å². The van der Waals surface area contributed by atoms with Gasteiger partial charge in [-0.3, -0.25) is 0 Å². The van der Waals surface area contributed by atoms with E-state index < -0.39 is 39.1 Å². The molecule has 0 rings (SSSR count). The van der Waals surface area contributed by atoms with E-state index in [1.165, 1.54) is 0 Å². The molecular formula is C13H27F3O3SSi. The Hall–Kier alpha value is -0.0831. The first kappa shape index (κ1) is 20.9. The standard InChI is InChI=1S/C13H27F3O3SSi/c1-10(2,3)21(11(4,5)6,12(7,8)9)19-20(17,18)13(14,15)16/h1-9H3. The van der Waals surface area contributed by atoms with E-state index in [2.05, 4.69) is 0 Å². The molecule has 0 saturated carbocycles. The van der Waals surface area contributed by atoms with Crippen molar-refractivity contribution in [3.8, 4) is 0 Å². The van der Waals surface area contributed by atoms with Crippen LogP contribution in [0.15, 0.2) is 0 Å². The Bertz CT molecular complexity index is 441. The molecule has 0 saturated heterocycles. The highest BCUT2D eigenvalue weighted by atomic mass is 32.2. The minimum atomic E-state index is -5.64. The van der Waals surface area contributed by atoms with Gasteiger partial charge in [-0.1, -0.05) is 62.3 Å². The van der Waals surface area contributed by atoms with E-state index in [1.54, 1.807) is 62.3 Å². The molecule has 0 heterocycles. The van der Waals surface area contributed by atoms with Crippen LogP contribution in [0.2, 0.25) is 15.1 Å². The van der Waals surface area contributed by atoms with Gasteiger partial charge in [0.05, 0.1) is 0 Å². The van der Waals surface area contributed by atoms with Crippen molar-refractivity contribution in [2.45, 2.75) is 82.9 Å². The first-order valence-corrected chi connectivity index (χ1v) is 10.0. The van der Waals surface area contributed by atoms with Gasteiger partial charge in [-0.15, -0.1) is 0 Å². The molecule has 0 aromatic carbocycles. The molecule has 0 aliphatic rings. The van der Waals surface area contributed by atoms with Crippen LogP contribution in [0, 0.1) is 0 Å². The fourth-order valence-corrected chi connectivity index (χ4v) is 15.4. The highest BCUT2D eigenvalue weighted by molar-refractivity contribution is 7.88. The smallest absolute Gasteiger partial charge is 0.306 e. The third-order valence-electron chi connectivity index (χ3n) is 3.69. The molecule has 0 aromatic rings. The molecule has 0 aromatic heterocycles. The molecule has 0 aliphatic carbocycles. The molecule has 0 radical (unpaired) electrons. The number of alkyl halides is 3. The maximum Gasteiger partial charge on any atom is 0.522 e. The van der Waals surface area contributed by atoms with Crippen LogP contribution in [0.1, 0.15) is 62.3 Å². The Morgan fingerprint density at radius 3 is 1.10 bits per heavy atom. The first-order chi connectivity index (χ1) is 8.71. The van der Waals surface area contributed by atoms with Gasteiger partial charge in [-0.2, -0.15) is 21.6 Å². The van der Waals surface area contributed by atoms with E-state index >= 15 is 0 Å². The maximum atomic E-state index is 12.8. The van der Waals surface area contributed by atoms with Gasteiger partial charge < -0.3 is 3.87 Å². The zero-order chi connectivity index (χ0) is 17.7. The van der Waals surface area contributed by atoms with E-state index in [9.17, 15) is 21.6 Å². The SMILES string of the molecule is CC(C)(C)[Si](OS(=O)(=O)C(F)(F)F)(C(C)(C)C)C(C)(C)C. The summed E-state index contributed by atoms with van der Waals surface area (Å²) in [5, 5.41) is -2.12. The molecule has 21 heavy (non-hydrogen) atoms. The quantitative estimate of drug-likeness (QED) is 0.509. The number of halogens is 3. The Morgan fingerprint density at radius 1 is 0.714 bits per heavy atom. The second-order valence-electron chi connectivity index (χ2n) is 8.41. The summed E-state index contributed by atoms with van der Waals surface area (Å²) in [6, 6.07) is 0. The molecule has 0 atom stereocenters. The van der Waals surface area contributed by atoms with Crippen LogP contribution in [0.4, 0.5) is 13.2 Å². The van der Waals surface area contributed by atoms with Crippen molar-refractivity contribution in [3.63, 3.8) is 0 Å². The molecule has 0 bridgehead atoms. The summed E-state index contributed by atoms with van der Waals surface area (Å²) < 4.78 is 67.0. The largest absolute Gasteiger partial charge is 0.522 e. The van der Waals surface area contributed by atoms with Crippen LogP contribution < -0.4 is 0 Å². The molecule has 128 valence electrons. The van der Waals surface area contributed by atoms with Crippen molar-refractivity contribution in [1.82, 2.24) is 0 Å². The summed E-state index contributed by atoms with van der Waals surface area (Å²) in [6.07, 6.45) is 0. The molecule has 8 heteroatoms. The van der Waals surface area contributed by atoms with Crippen molar-refractivity contribution >= 4 is 18.4 Å². The van der Waals surface area contributed by atoms with E-state index in [0.29, 0.717) is 0 Å². The highest BCUT2D eigenvalue weighted by Gasteiger charge is 2.67. The Morgan fingerprint density at radius 2 is 0.952 bits per heavy atom. The maximum absolute atomic E-state index is 12.8. The monoisotopic (exact) mass is 348 g/mol. The summed E-state index contributed by atoms with van der Waals surface area (Å²) >= 11 is 0. The number of rotatable bonds is 2. The molecule has 0 N–H and O–H groups in total. The van der Waals surface area contributed by atoms with Crippen LogP contribution in [0.5, 0.6) is 0 Å². The molecule has 0 aliphatic heterocycles. The van der Waals surface area contributed by atoms with Crippen molar-refractivity contribution < 1.29 is 25.5 Å². The Labute approximate surface area is 127 Å². The zero-order valence-electron chi connectivity index (χ0n) is 14.3. The minimum absolute atomic E-state index is 0.707. The molecule has 0 fully saturated rings. The first-order valence-electron chi connectivity index (χ1n) is 6.73. The summed E-state index contributed by atoms with van der Waals surface area (Å²) in [5.41, 5.74) is -5.41. The lowest BCUT2D eigenvalue weighted by atomic mass is 10.2. The van der Waals surface area contributed by atoms with Gasteiger partial charge in [0.1, 0.15) is 0 Å². The average Bonchev–Trinajstić information content (AvgIpc) is 2.05. The molecule has 0 unspecified atom stereocenters. The Kier molecular flexibility index (Phi) is 5.21. The van der Waals surface area contributed by atoms with Crippen molar-refractivity contribution in [3.05, 3.63) is 0 Å². The summed E-state index contributed by atoms with van der Waals surface area (Å²) in [4.78, 5) is 0. The van der Waals surface area contributed by atoms with Gasteiger partial charge in [-0.25, -0.2) is 0 Å². The third-order valence-corrected chi connectivity index (χ3v) is 12.5. The number of hydrogen-bond acceptors (Lipinski definition) is 3. The van der Waals surface area contributed by atoms with Gasteiger partial charge in [0, 0.05) is 0 Å². The average molecular weight is 349 g/mol. The second-order valence-corrected chi connectivity index (χ2v) is 16.3. The highest BCUT2D eigenvalue weighted by Crippen LogP contribution is 2.63. The zero-order valence-corrected chi connectivity index (χ0v) is 16.1. The lowest BCUT2D eigenvalue weighted by Crippen LogP contribution is -2.62. The summed E-state index contributed by atoms with van der Waals surface area (Å²) in [5.74, 6) is 0. The van der Waals surface area contributed by atoms with E-state index in [-0.39, 0.29) is 0 Å². The van der Waals surface area contributed by atoms with E-state index in [4.69, 9.17) is 3.87 Å². The van der Waals surface area contributed by atoms with Gasteiger partial charge in [0.2, 0.25) is 8.32 Å². The minimum Gasteiger partial charge on any atom is -0.306 e. The lowest BCUT2D eigenvalue weighted by molar-refractivity contribution is -0.0509. The number of hydrogen-bond donors (Lipinski definition) is 0. The summed E-state index contributed by atoms with van der Waals surface area (Å²) in [6.45, 7) is 15.8. The normalized spacial score (nSPS) is 16.2. The third kappa shape index (κ3) is 3.64. The summed E-state index contributed by atoms with van der Waals surface area (Å²) in [7, 11) is -9.10. The van der Waals surface area contributed by atoms with Gasteiger partial charge >= 0.3 is 15.6 Å². The van der Waals surface area contributed by atoms with Crippen LogP contribution in [-0.4, -0.2) is 22.2 Å². The van der Waals surface area contributed by atoms with Crippen molar-refractivity contribution in [2.24, 2.45) is 0 Å². The fraction of sp³-hybridized carbons (Fsp3) is 1.00. The van der Waals surface area contributed by atoms with E-state index in [1.807, 2.05) is 0 Å². The fourth-order valence-electron chi connectivity index (χ4n) is 3.96. The van der Waals surface area contributed by atoms with Gasteiger partial charge in [0.15, 0.2) is 0 Å². The van der Waals surface area contributed by atoms with Crippen LogP contribution in [0.25, 0.3) is 0 Å². The topological polar surface area (TPSA) is 43.4 Å². The Balaban J connectivity index is 6.50. The predicted molar refractivity (Wildman–Crippen MR) is 81.0 cm³/mol.